The molecule has 2 N–H and O–H groups in total. The lowest BCUT2D eigenvalue weighted by molar-refractivity contribution is -0.124. The van der Waals surface area contributed by atoms with Crippen molar-refractivity contribution in [3.8, 4) is 0 Å². The lowest BCUT2D eigenvalue weighted by Crippen LogP contribution is -2.50. The summed E-state index contributed by atoms with van der Waals surface area (Å²) in [6.45, 7) is 9.25. The van der Waals surface area contributed by atoms with Crippen molar-refractivity contribution in [2.24, 2.45) is 5.92 Å². The Balaban J connectivity index is 2.07. The van der Waals surface area contributed by atoms with Gasteiger partial charge in [0.05, 0.1) is 12.1 Å². The Morgan fingerprint density at radius 2 is 1.54 bits per heavy atom. The highest BCUT2D eigenvalue weighted by molar-refractivity contribution is 5.87. The molecule has 0 spiro atoms. The van der Waals surface area contributed by atoms with E-state index in [1.54, 1.807) is 13.8 Å². The van der Waals surface area contributed by atoms with E-state index in [4.69, 9.17) is 4.74 Å². The zero-order valence-electron chi connectivity index (χ0n) is 16.1. The maximum absolute atomic E-state index is 12.7. The average Bonchev–Trinajstić information content (AvgIpc) is 2.58. The van der Waals surface area contributed by atoms with Gasteiger partial charge in [-0.3, -0.25) is 4.79 Å². The Kier molecular flexibility index (Phi) is 6.61. The topological polar surface area (TPSA) is 67.4 Å². The van der Waals surface area contributed by atoms with Crippen LogP contribution in [0.15, 0.2) is 42.5 Å². The number of amides is 2. The summed E-state index contributed by atoms with van der Waals surface area (Å²) in [5, 5.41) is 7.94. The minimum atomic E-state index is -0.649. The molecule has 5 nitrogen and oxygen atoms in total. The summed E-state index contributed by atoms with van der Waals surface area (Å²) in [4.78, 5) is 24.5. The number of alkyl carbamates (subject to hydrolysis) is 1. The second kappa shape index (κ2) is 8.70. The predicted molar refractivity (Wildman–Crippen MR) is 104 cm³/mol. The van der Waals surface area contributed by atoms with Crippen molar-refractivity contribution in [2.75, 3.05) is 0 Å². The summed E-state index contributed by atoms with van der Waals surface area (Å²) in [7, 11) is 0. The summed E-state index contributed by atoms with van der Waals surface area (Å²) in [5.41, 5.74) is 1.02. The van der Waals surface area contributed by atoms with Crippen molar-refractivity contribution < 1.29 is 14.3 Å². The van der Waals surface area contributed by atoms with E-state index in [1.807, 2.05) is 51.1 Å². The van der Waals surface area contributed by atoms with E-state index in [0.29, 0.717) is 0 Å². The lowest BCUT2D eigenvalue weighted by atomic mass is 10.0. The third-order valence-electron chi connectivity index (χ3n) is 4.20. The van der Waals surface area contributed by atoms with E-state index in [-0.39, 0.29) is 24.0 Å². The molecule has 2 atom stereocenters. The molecule has 0 aliphatic rings. The Bertz CT molecular complexity index is 771. The summed E-state index contributed by atoms with van der Waals surface area (Å²) < 4.78 is 5.09. The molecular formula is C21H28N2O3. The van der Waals surface area contributed by atoms with Gasteiger partial charge in [-0.2, -0.15) is 0 Å². The average molecular weight is 356 g/mol. The van der Waals surface area contributed by atoms with E-state index in [0.717, 1.165) is 16.3 Å². The van der Waals surface area contributed by atoms with Gasteiger partial charge in [0.25, 0.3) is 0 Å². The molecular weight excluding hydrogens is 328 g/mol. The Morgan fingerprint density at radius 3 is 2.15 bits per heavy atom. The van der Waals surface area contributed by atoms with Gasteiger partial charge in [-0.1, -0.05) is 50.2 Å². The molecule has 0 aliphatic heterocycles. The van der Waals surface area contributed by atoms with Crippen LogP contribution in [0.4, 0.5) is 4.79 Å². The summed E-state index contributed by atoms with van der Waals surface area (Å²) in [6, 6.07) is 13.4. The van der Waals surface area contributed by atoms with Gasteiger partial charge in [0.15, 0.2) is 0 Å². The van der Waals surface area contributed by atoms with E-state index in [2.05, 4.69) is 22.8 Å². The third-order valence-corrected chi connectivity index (χ3v) is 4.20. The zero-order valence-corrected chi connectivity index (χ0v) is 16.1. The van der Waals surface area contributed by atoms with Crippen LogP contribution in [0, 0.1) is 5.92 Å². The van der Waals surface area contributed by atoms with Gasteiger partial charge >= 0.3 is 6.09 Å². The van der Waals surface area contributed by atoms with Gasteiger partial charge < -0.3 is 15.4 Å². The van der Waals surface area contributed by atoms with Gasteiger partial charge in [-0.25, -0.2) is 4.79 Å². The Hall–Kier alpha value is -2.56. The van der Waals surface area contributed by atoms with E-state index < -0.39 is 12.1 Å². The molecule has 26 heavy (non-hydrogen) atoms. The van der Waals surface area contributed by atoms with Crippen molar-refractivity contribution in [3.63, 3.8) is 0 Å². The first-order valence-electron chi connectivity index (χ1n) is 9.04. The zero-order chi connectivity index (χ0) is 19.3. The number of ether oxygens (including phenoxy) is 1. The second-order valence-electron chi connectivity index (χ2n) is 7.16. The molecule has 0 fully saturated rings. The smallest absolute Gasteiger partial charge is 0.408 e. The minimum absolute atomic E-state index is 0.0569. The molecule has 0 bridgehead atoms. The fourth-order valence-corrected chi connectivity index (χ4v) is 2.77. The van der Waals surface area contributed by atoms with Crippen molar-refractivity contribution in [1.82, 2.24) is 10.6 Å². The molecule has 1 unspecified atom stereocenters. The normalized spacial score (nSPS) is 13.5. The molecule has 0 saturated heterocycles. The van der Waals surface area contributed by atoms with E-state index in [9.17, 15) is 9.59 Å². The molecule has 2 aromatic rings. The number of nitrogens with one attached hydrogen (secondary N) is 2. The number of rotatable bonds is 6. The second-order valence-corrected chi connectivity index (χ2v) is 7.16. The van der Waals surface area contributed by atoms with Crippen LogP contribution in [-0.4, -0.2) is 24.1 Å². The van der Waals surface area contributed by atoms with Crippen LogP contribution in [0.3, 0.4) is 0 Å². The highest BCUT2D eigenvalue weighted by atomic mass is 16.6. The Labute approximate surface area is 155 Å². The fourth-order valence-electron chi connectivity index (χ4n) is 2.77. The van der Waals surface area contributed by atoms with Crippen molar-refractivity contribution in [1.29, 1.82) is 0 Å². The number of carbonyl (C=O) groups is 2. The fraction of sp³-hybridized carbons (Fsp3) is 0.429. The highest BCUT2D eigenvalue weighted by Gasteiger charge is 2.26. The van der Waals surface area contributed by atoms with Crippen LogP contribution in [0.2, 0.25) is 0 Å². The van der Waals surface area contributed by atoms with Crippen LogP contribution >= 0.6 is 0 Å². The van der Waals surface area contributed by atoms with Gasteiger partial charge in [-0.05, 0) is 49.1 Å². The molecule has 0 saturated carbocycles. The number of fused-ring (bicyclic) bond motifs is 1. The maximum atomic E-state index is 12.7. The van der Waals surface area contributed by atoms with Gasteiger partial charge in [-0.15, -0.1) is 0 Å². The van der Waals surface area contributed by atoms with Crippen LogP contribution in [-0.2, 0) is 9.53 Å². The Morgan fingerprint density at radius 1 is 0.885 bits per heavy atom. The molecule has 5 heteroatoms. The predicted octanol–water partition coefficient (Wildman–Crippen LogP) is 4.18. The largest absolute Gasteiger partial charge is 0.447 e. The van der Waals surface area contributed by atoms with Crippen molar-refractivity contribution in [3.05, 3.63) is 48.0 Å². The van der Waals surface area contributed by atoms with Gasteiger partial charge in [0, 0.05) is 0 Å². The first kappa shape index (κ1) is 19.8. The molecule has 2 amide bonds. The maximum Gasteiger partial charge on any atom is 0.408 e. The number of carbonyl (C=O) groups excluding carboxylic acids is 2. The molecule has 0 aromatic heterocycles. The van der Waals surface area contributed by atoms with Crippen LogP contribution in [0.1, 0.15) is 46.2 Å². The van der Waals surface area contributed by atoms with E-state index >= 15 is 0 Å². The number of benzene rings is 2. The first-order valence-corrected chi connectivity index (χ1v) is 9.04. The van der Waals surface area contributed by atoms with Crippen molar-refractivity contribution >= 4 is 22.8 Å². The van der Waals surface area contributed by atoms with Gasteiger partial charge in [0.1, 0.15) is 6.04 Å². The summed E-state index contributed by atoms with van der Waals surface area (Å²) in [5.74, 6) is -0.278. The quantitative estimate of drug-likeness (QED) is 0.816. The van der Waals surface area contributed by atoms with E-state index in [1.165, 1.54) is 0 Å². The number of hydrogen-bond acceptors (Lipinski definition) is 3. The molecule has 140 valence electrons. The van der Waals surface area contributed by atoms with Crippen LogP contribution in [0.5, 0.6) is 0 Å². The molecule has 0 radical (unpaired) electrons. The van der Waals surface area contributed by atoms with Crippen LogP contribution in [0.25, 0.3) is 10.8 Å². The standard InChI is InChI=1S/C21H28N2O3/c1-13(2)19(23-21(25)26-14(3)4)20(24)22-15(5)17-11-10-16-8-6-7-9-18(16)12-17/h6-15,19H,1-5H3,(H,22,24)(H,23,25)/t15?,19-/m1/s1. The summed E-state index contributed by atoms with van der Waals surface area (Å²) in [6.07, 6.45) is -0.811. The number of hydrogen-bond donors (Lipinski definition) is 2. The summed E-state index contributed by atoms with van der Waals surface area (Å²) >= 11 is 0. The highest BCUT2D eigenvalue weighted by Crippen LogP contribution is 2.20. The minimum Gasteiger partial charge on any atom is -0.447 e. The van der Waals surface area contributed by atoms with Crippen LogP contribution < -0.4 is 10.6 Å². The molecule has 2 rings (SSSR count). The third kappa shape index (κ3) is 5.22. The lowest BCUT2D eigenvalue weighted by Gasteiger charge is -2.24. The molecule has 0 heterocycles. The van der Waals surface area contributed by atoms with Gasteiger partial charge in [0.2, 0.25) is 5.91 Å². The molecule has 2 aromatic carbocycles. The molecule has 0 aliphatic carbocycles. The first-order chi connectivity index (χ1) is 12.3. The SMILES string of the molecule is CC(C)OC(=O)N[C@@H](C(=O)NC(C)c1ccc2ccccc2c1)C(C)C. The van der Waals surface area contributed by atoms with Crippen molar-refractivity contribution in [2.45, 2.75) is 52.8 Å². The monoisotopic (exact) mass is 356 g/mol.